The molecule has 3 aromatic carbocycles. The van der Waals surface area contributed by atoms with Gasteiger partial charge in [0.25, 0.3) is 5.89 Å². The predicted molar refractivity (Wildman–Crippen MR) is 125 cm³/mol. The summed E-state index contributed by atoms with van der Waals surface area (Å²) in [5.41, 5.74) is 2.63. The third-order valence-electron chi connectivity index (χ3n) is 5.78. The van der Waals surface area contributed by atoms with Crippen LogP contribution in [0.3, 0.4) is 0 Å². The van der Waals surface area contributed by atoms with E-state index in [9.17, 15) is 13.6 Å². The Balaban J connectivity index is 1.65. The fraction of sp³-hybridized carbons (Fsp3) is 0.115. The molecule has 0 spiro atoms. The number of benzene rings is 3. The van der Waals surface area contributed by atoms with Crippen LogP contribution in [-0.4, -0.2) is 23.3 Å². The molecule has 1 atom stereocenters. The van der Waals surface area contributed by atoms with Crippen LogP contribution in [0.15, 0.2) is 83.0 Å². The summed E-state index contributed by atoms with van der Waals surface area (Å²) in [5.74, 6) is -0.842. The second kappa shape index (κ2) is 9.02. The summed E-state index contributed by atoms with van der Waals surface area (Å²) in [7, 11) is 1.57. The molecule has 1 N–H and O–H groups in total. The minimum absolute atomic E-state index is 0.160. The van der Waals surface area contributed by atoms with Crippen LogP contribution in [-0.2, 0) is 0 Å². The van der Waals surface area contributed by atoms with Crippen LogP contribution in [0, 0.1) is 11.6 Å². The van der Waals surface area contributed by atoms with Crippen molar-refractivity contribution >= 4 is 17.3 Å². The maximum Gasteiger partial charge on any atom is 0.327 e. The smallest absolute Gasteiger partial charge is 0.327 e. The molecule has 1 unspecified atom stereocenters. The van der Waals surface area contributed by atoms with Crippen molar-refractivity contribution in [3.8, 4) is 17.1 Å². The first-order valence-corrected chi connectivity index (χ1v) is 10.8. The molecule has 1 aliphatic rings. The molecule has 2 heterocycles. The average molecular weight is 474 g/mol. The van der Waals surface area contributed by atoms with E-state index in [4.69, 9.17) is 9.26 Å². The Labute approximate surface area is 199 Å². The fourth-order valence-electron chi connectivity index (χ4n) is 4.04. The van der Waals surface area contributed by atoms with Gasteiger partial charge in [0, 0.05) is 17.3 Å². The Morgan fingerprint density at radius 2 is 1.74 bits per heavy atom. The van der Waals surface area contributed by atoms with Gasteiger partial charge in [0.2, 0.25) is 5.82 Å². The highest BCUT2D eigenvalue weighted by Gasteiger charge is 2.36. The van der Waals surface area contributed by atoms with Crippen LogP contribution in [0.2, 0.25) is 0 Å². The molecule has 9 heteroatoms. The van der Waals surface area contributed by atoms with Crippen LogP contribution < -0.4 is 15.0 Å². The number of rotatable bonds is 5. The topological polar surface area (TPSA) is 80.5 Å². The molecule has 1 aliphatic heterocycles. The molecule has 0 aliphatic carbocycles. The molecule has 0 radical (unpaired) electrons. The number of allylic oxidation sites excluding steroid dienone is 1. The minimum Gasteiger partial charge on any atom is -0.497 e. The minimum atomic E-state index is -1.06. The number of hydrogen-bond donors (Lipinski definition) is 1. The number of ether oxygens (including phenoxy) is 1. The summed E-state index contributed by atoms with van der Waals surface area (Å²) in [6.45, 7) is 1.69. The van der Waals surface area contributed by atoms with Crippen molar-refractivity contribution in [2.45, 2.75) is 13.0 Å². The van der Waals surface area contributed by atoms with E-state index < -0.39 is 23.7 Å². The summed E-state index contributed by atoms with van der Waals surface area (Å²) in [4.78, 5) is 19.0. The third kappa shape index (κ3) is 4.12. The van der Waals surface area contributed by atoms with E-state index in [1.165, 1.54) is 11.0 Å². The van der Waals surface area contributed by atoms with Crippen LogP contribution >= 0.6 is 0 Å². The average Bonchev–Trinajstić information content (AvgIpc) is 3.36. The van der Waals surface area contributed by atoms with E-state index in [1.54, 1.807) is 26.2 Å². The molecule has 0 saturated carbocycles. The molecule has 0 saturated heterocycles. The first-order valence-electron chi connectivity index (χ1n) is 10.8. The zero-order valence-corrected chi connectivity index (χ0v) is 18.8. The fourth-order valence-corrected chi connectivity index (χ4v) is 4.04. The van der Waals surface area contributed by atoms with Gasteiger partial charge in [-0.05, 0) is 36.8 Å². The molecule has 4 aromatic rings. The van der Waals surface area contributed by atoms with Crippen molar-refractivity contribution < 1.29 is 22.8 Å². The monoisotopic (exact) mass is 474 g/mol. The molecular formula is C26H20F2N4O3. The highest BCUT2D eigenvalue weighted by atomic mass is 19.2. The number of aromatic nitrogens is 2. The van der Waals surface area contributed by atoms with Gasteiger partial charge in [0.1, 0.15) is 5.75 Å². The summed E-state index contributed by atoms with van der Waals surface area (Å²) in [6.07, 6.45) is 0. The molecule has 2 amide bonds. The van der Waals surface area contributed by atoms with Crippen molar-refractivity contribution in [3.05, 3.63) is 102 Å². The van der Waals surface area contributed by atoms with Crippen molar-refractivity contribution in [2.75, 3.05) is 12.0 Å². The number of urea groups is 1. The van der Waals surface area contributed by atoms with Crippen LogP contribution in [0.5, 0.6) is 5.75 Å². The Morgan fingerprint density at radius 3 is 2.43 bits per heavy atom. The number of halogens is 2. The number of amides is 2. The number of nitrogens with zero attached hydrogens (tertiary/aromatic N) is 3. The lowest BCUT2D eigenvalue weighted by atomic mass is 9.94. The van der Waals surface area contributed by atoms with Crippen LogP contribution in [0.25, 0.3) is 17.0 Å². The Kier molecular flexibility index (Phi) is 5.74. The van der Waals surface area contributed by atoms with E-state index in [1.807, 2.05) is 42.5 Å². The van der Waals surface area contributed by atoms with Gasteiger partial charge >= 0.3 is 6.03 Å². The SMILES string of the molecule is COc1ccc(C2NC(=O)N(c3ccc(F)c(F)c3)C(C)=C2c2nc(-c3ccccc3)no2)cc1. The van der Waals surface area contributed by atoms with Gasteiger partial charge in [-0.1, -0.05) is 47.6 Å². The van der Waals surface area contributed by atoms with Crippen LogP contribution in [0.4, 0.5) is 19.3 Å². The molecule has 1 aromatic heterocycles. The summed E-state index contributed by atoms with van der Waals surface area (Å²) in [6, 6.07) is 18.6. The molecule has 7 nitrogen and oxygen atoms in total. The van der Waals surface area contributed by atoms with Crippen molar-refractivity contribution in [2.24, 2.45) is 0 Å². The molecule has 176 valence electrons. The van der Waals surface area contributed by atoms with Crippen LogP contribution in [0.1, 0.15) is 24.4 Å². The lowest BCUT2D eigenvalue weighted by Gasteiger charge is -2.35. The zero-order valence-electron chi connectivity index (χ0n) is 18.8. The zero-order chi connectivity index (χ0) is 24.5. The molecular weight excluding hydrogens is 454 g/mol. The Hall–Kier alpha value is -4.53. The number of carbonyl (C=O) groups excluding carboxylic acids is 1. The van der Waals surface area contributed by atoms with Gasteiger partial charge in [-0.2, -0.15) is 4.98 Å². The normalized spacial score (nSPS) is 15.8. The third-order valence-corrected chi connectivity index (χ3v) is 5.78. The summed E-state index contributed by atoms with van der Waals surface area (Å²) < 4.78 is 38.4. The van der Waals surface area contributed by atoms with Gasteiger partial charge in [-0.15, -0.1) is 0 Å². The van der Waals surface area contributed by atoms with Crippen molar-refractivity contribution in [3.63, 3.8) is 0 Å². The first-order chi connectivity index (χ1) is 17.0. The first kappa shape index (κ1) is 22.3. The lowest BCUT2D eigenvalue weighted by molar-refractivity contribution is 0.244. The molecule has 5 rings (SSSR count). The highest BCUT2D eigenvalue weighted by Crippen LogP contribution is 2.39. The number of anilines is 1. The standard InChI is InChI=1S/C26H20F2N4O3/c1-15-22(25-30-24(31-35-25)17-6-4-3-5-7-17)23(16-8-11-19(34-2)12-9-16)29-26(33)32(15)18-10-13-20(27)21(28)14-18/h3-14,23H,1-2H3,(H,29,33). The highest BCUT2D eigenvalue weighted by molar-refractivity contribution is 6.01. The number of hydrogen-bond acceptors (Lipinski definition) is 5. The van der Waals surface area contributed by atoms with Gasteiger partial charge in [0.15, 0.2) is 11.6 Å². The Morgan fingerprint density at radius 1 is 1.00 bits per heavy atom. The maximum absolute atomic E-state index is 14.0. The second-order valence-corrected chi connectivity index (χ2v) is 7.88. The van der Waals surface area contributed by atoms with E-state index in [-0.39, 0.29) is 11.6 Å². The van der Waals surface area contributed by atoms with Gasteiger partial charge in [-0.3, -0.25) is 4.90 Å². The molecule has 35 heavy (non-hydrogen) atoms. The molecule has 0 fully saturated rings. The largest absolute Gasteiger partial charge is 0.497 e. The lowest BCUT2D eigenvalue weighted by Crippen LogP contribution is -2.46. The summed E-state index contributed by atoms with van der Waals surface area (Å²) in [5, 5.41) is 7.04. The van der Waals surface area contributed by atoms with Gasteiger partial charge in [0.05, 0.1) is 24.4 Å². The predicted octanol–water partition coefficient (Wildman–Crippen LogP) is 5.73. The number of carbonyl (C=O) groups is 1. The van der Waals surface area contributed by atoms with E-state index >= 15 is 0 Å². The van der Waals surface area contributed by atoms with E-state index in [0.29, 0.717) is 22.8 Å². The molecule has 0 bridgehead atoms. The van der Waals surface area contributed by atoms with E-state index in [2.05, 4.69) is 15.5 Å². The summed E-state index contributed by atoms with van der Waals surface area (Å²) >= 11 is 0. The number of nitrogens with one attached hydrogen (secondary N) is 1. The van der Waals surface area contributed by atoms with Crippen molar-refractivity contribution in [1.29, 1.82) is 0 Å². The van der Waals surface area contributed by atoms with E-state index in [0.717, 1.165) is 23.3 Å². The second-order valence-electron chi connectivity index (χ2n) is 7.88. The van der Waals surface area contributed by atoms with Crippen molar-refractivity contribution in [1.82, 2.24) is 15.5 Å². The Bertz CT molecular complexity index is 1420. The van der Waals surface area contributed by atoms with Gasteiger partial charge < -0.3 is 14.6 Å². The van der Waals surface area contributed by atoms with Gasteiger partial charge in [-0.25, -0.2) is 13.6 Å². The quantitative estimate of drug-likeness (QED) is 0.400. The maximum atomic E-state index is 14.0. The number of methoxy groups -OCH3 is 1.